The van der Waals surface area contributed by atoms with Gasteiger partial charge in [-0.05, 0) is 71.4 Å². The minimum absolute atomic E-state index is 0.656. The van der Waals surface area contributed by atoms with E-state index in [1.54, 1.807) is 0 Å². The molecule has 1 aromatic heterocycles. The third-order valence-corrected chi connectivity index (χ3v) is 3.31. The molecule has 18 heavy (non-hydrogen) atoms. The van der Waals surface area contributed by atoms with Crippen LogP contribution in [0.2, 0.25) is 0 Å². The predicted molar refractivity (Wildman–Crippen MR) is 77.8 cm³/mol. The molecule has 0 amide bonds. The molecule has 1 aromatic rings. The Balaban J connectivity index is 1.93. The van der Waals surface area contributed by atoms with Crippen molar-refractivity contribution in [3.8, 4) is 0 Å². The molecule has 0 unspecified atom stereocenters. The molecule has 1 N–H and O–H groups in total. The molecule has 0 saturated heterocycles. The summed E-state index contributed by atoms with van der Waals surface area (Å²) < 4.78 is 0. The monoisotopic (exact) mass is 249 g/mol. The molecule has 0 aliphatic carbocycles. The molecule has 0 aromatic carbocycles. The van der Waals surface area contributed by atoms with Gasteiger partial charge in [-0.25, -0.2) is 0 Å². The molecule has 0 spiro atoms. The van der Waals surface area contributed by atoms with Gasteiger partial charge in [-0.2, -0.15) is 0 Å². The van der Waals surface area contributed by atoms with Crippen LogP contribution in [0.3, 0.4) is 0 Å². The first-order chi connectivity index (χ1) is 8.70. The second-order valence-corrected chi connectivity index (χ2v) is 5.14. The van der Waals surface area contributed by atoms with E-state index in [4.69, 9.17) is 0 Å². The van der Waals surface area contributed by atoms with E-state index < -0.39 is 0 Å². The van der Waals surface area contributed by atoms with Crippen LogP contribution >= 0.6 is 0 Å². The van der Waals surface area contributed by atoms with E-state index in [1.807, 2.05) is 18.5 Å². The van der Waals surface area contributed by atoms with Crippen LogP contribution in [0.4, 0.5) is 0 Å². The third kappa shape index (κ3) is 6.72. The fraction of sp³-hybridized carbons (Fsp3) is 0.667. The van der Waals surface area contributed by atoms with E-state index in [-0.39, 0.29) is 0 Å². The Labute approximate surface area is 112 Å². The second-order valence-electron chi connectivity index (χ2n) is 5.14. The largest absolute Gasteiger partial charge is 0.316 e. The first-order valence-corrected chi connectivity index (χ1v) is 7.00. The summed E-state index contributed by atoms with van der Waals surface area (Å²) in [5, 5.41) is 3.49. The lowest BCUT2D eigenvalue weighted by molar-refractivity contribution is 0.268. The van der Waals surface area contributed by atoms with Crippen LogP contribution in [0.5, 0.6) is 0 Å². The fourth-order valence-corrected chi connectivity index (χ4v) is 1.77. The first kappa shape index (κ1) is 15.1. The Morgan fingerprint density at radius 2 is 2.11 bits per heavy atom. The van der Waals surface area contributed by atoms with Gasteiger partial charge in [0.05, 0.1) is 0 Å². The molecule has 0 radical (unpaired) electrons. The SMILES string of the molecule is CC(C)N(C)CCCCNCCc1cccnc1. The zero-order valence-electron chi connectivity index (χ0n) is 12.0. The van der Waals surface area contributed by atoms with Crippen molar-refractivity contribution >= 4 is 0 Å². The molecule has 0 bridgehead atoms. The number of rotatable bonds is 9. The van der Waals surface area contributed by atoms with Crippen LogP contribution in [0.1, 0.15) is 32.3 Å². The molecular formula is C15H27N3. The lowest BCUT2D eigenvalue weighted by Gasteiger charge is -2.20. The van der Waals surface area contributed by atoms with Crippen LogP contribution in [-0.4, -0.2) is 42.6 Å². The van der Waals surface area contributed by atoms with Gasteiger partial charge in [0, 0.05) is 18.4 Å². The highest BCUT2D eigenvalue weighted by atomic mass is 15.1. The van der Waals surface area contributed by atoms with Crippen molar-refractivity contribution in [1.82, 2.24) is 15.2 Å². The van der Waals surface area contributed by atoms with Crippen molar-refractivity contribution in [2.24, 2.45) is 0 Å². The Morgan fingerprint density at radius 3 is 2.78 bits per heavy atom. The number of hydrogen-bond acceptors (Lipinski definition) is 3. The molecule has 0 aliphatic heterocycles. The van der Waals surface area contributed by atoms with Crippen molar-refractivity contribution < 1.29 is 0 Å². The molecule has 0 atom stereocenters. The molecule has 3 nitrogen and oxygen atoms in total. The third-order valence-electron chi connectivity index (χ3n) is 3.31. The van der Waals surface area contributed by atoms with Gasteiger partial charge in [0.25, 0.3) is 0 Å². The number of nitrogens with one attached hydrogen (secondary N) is 1. The van der Waals surface area contributed by atoms with E-state index in [0.717, 1.165) is 19.5 Å². The van der Waals surface area contributed by atoms with Gasteiger partial charge >= 0.3 is 0 Å². The van der Waals surface area contributed by atoms with Crippen LogP contribution in [0, 0.1) is 0 Å². The van der Waals surface area contributed by atoms with E-state index in [9.17, 15) is 0 Å². The molecule has 0 saturated carbocycles. The van der Waals surface area contributed by atoms with Gasteiger partial charge in [-0.1, -0.05) is 6.07 Å². The van der Waals surface area contributed by atoms with Gasteiger partial charge in [0.15, 0.2) is 0 Å². The lowest BCUT2D eigenvalue weighted by Crippen LogP contribution is -2.28. The minimum atomic E-state index is 0.656. The Bertz CT molecular complexity index is 298. The van der Waals surface area contributed by atoms with Crippen molar-refractivity contribution in [1.29, 1.82) is 0 Å². The van der Waals surface area contributed by atoms with Crippen LogP contribution in [0.25, 0.3) is 0 Å². The van der Waals surface area contributed by atoms with Crippen molar-refractivity contribution in [3.05, 3.63) is 30.1 Å². The van der Waals surface area contributed by atoms with Crippen molar-refractivity contribution in [3.63, 3.8) is 0 Å². The van der Waals surface area contributed by atoms with Crippen LogP contribution < -0.4 is 5.32 Å². The molecule has 0 fully saturated rings. The molecule has 1 heterocycles. The summed E-state index contributed by atoms with van der Waals surface area (Å²) in [6.45, 7) is 7.85. The normalized spacial score (nSPS) is 11.4. The number of unbranched alkanes of at least 4 members (excludes halogenated alkanes) is 1. The van der Waals surface area contributed by atoms with Crippen molar-refractivity contribution in [2.45, 2.75) is 39.2 Å². The van der Waals surface area contributed by atoms with Gasteiger partial charge in [0.2, 0.25) is 0 Å². The average Bonchev–Trinajstić information content (AvgIpc) is 2.38. The summed E-state index contributed by atoms with van der Waals surface area (Å²) in [7, 11) is 2.19. The summed E-state index contributed by atoms with van der Waals surface area (Å²) >= 11 is 0. The van der Waals surface area contributed by atoms with E-state index in [2.05, 4.69) is 42.2 Å². The van der Waals surface area contributed by atoms with E-state index in [0.29, 0.717) is 6.04 Å². The topological polar surface area (TPSA) is 28.2 Å². The Kier molecular flexibility index (Phi) is 7.62. The molecule has 1 rings (SSSR count). The summed E-state index contributed by atoms with van der Waals surface area (Å²) in [6, 6.07) is 4.78. The second kappa shape index (κ2) is 9.06. The summed E-state index contributed by atoms with van der Waals surface area (Å²) in [6.07, 6.45) is 7.36. The predicted octanol–water partition coefficient (Wildman–Crippen LogP) is 2.33. The Hall–Kier alpha value is -0.930. The molecular weight excluding hydrogens is 222 g/mol. The molecule has 3 heteroatoms. The zero-order chi connectivity index (χ0) is 13.2. The fourth-order valence-electron chi connectivity index (χ4n) is 1.77. The first-order valence-electron chi connectivity index (χ1n) is 7.00. The molecule has 0 aliphatic rings. The maximum Gasteiger partial charge on any atom is 0.0300 e. The van der Waals surface area contributed by atoms with Crippen molar-refractivity contribution in [2.75, 3.05) is 26.7 Å². The lowest BCUT2D eigenvalue weighted by atomic mass is 10.2. The smallest absolute Gasteiger partial charge is 0.0300 e. The van der Waals surface area contributed by atoms with Gasteiger partial charge < -0.3 is 10.2 Å². The quantitative estimate of drug-likeness (QED) is 0.681. The average molecular weight is 249 g/mol. The van der Waals surface area contributed by atoms with E-state index >= 15 is 0 Å². The van der Waals surface area contributed by atoms with E-state index in [1.165, 1.54) is 24.9 Å². The highest BCUT2D eigenvalue weighted by Gasteiger charge is 2.01. The number of aromatic nitrogens is 1. The zero-order valence-corrected chi connectivity index (χ0v) is 12.0. The number of nitrogens with zero attached hydrogens (tertiary/aromatic N) is 2. The number of hydrogen-bond donors (Lipinski definition) is 1. The minimum Gasteiger partial charge on any atom is -0.316 e. The van der Waals surface area contributed by atoms with Gasteiger partial charge in [-0.15, -0.1) is 0 Å². The Morgan fingerprint density at radius 1 is 1.28 bits per heavy atom. The molecule has 102 valence electrons. The van der Waals surface area contributed by atoms with Crippen LogP contribution in [-0.2, 0) is 6.42 Å². The maximum atomic E-state index is 4.12. The standard InChI is InChI=1S/C15H27N3/c1-14(2)18(3)12-5-4-9-16-11-8-15-7-6-10-17-13-15/h6-7,10,13-14,16H,4-5,8-9,11-12H2,1-3H3. The number of pyridine rings is 1. The maximum absolute atomic E-state index is 4.12. The summed E-state index contributed by atoms with van der Waals surface area (Å²) in [4.78, 5) is 6.51. The highest BCUT2D eigenvalue weighted by Crippen LogP contribution is 1.98. The van der Waals surface area contributed by atoms with Gasteiger partial charge in [0.1, 0.15) is 0 Å². The van der Waals surface area contributed by atoms with Crippen LogP contribution in [0.15, 0.2) is 24.5 Å². The van der Waals surface area contributed by atoms with Gasteiger partial charge in [-0.3, -0.25) is 4.98 Å². The summed E-state index contributed by atoms with van der Waals surface area (Å²) in [5.74, 6) is 0. The summed E-state index contributed by atoms with van der Waals surface area (Å²) in [5.41, 5.74) is 1.31. The highest BCUT2D eigenvalue weighted by molar-refractivity contribution is 5.08.